The van der Waals surface area contributed by atoms with Gasteiger partial charge < -0.3 is 10.2 Å². The topological polar surface area (TPSA) is 15.3 Å². The second-order valence-electron chi connectivity index (χ2n) is 3.69. The van der Waals surface area contributed by atoms with Gasteiger partial charge >= 0.3 is 0 Å². The zero-order valence-corrected chi connectivity index (χ0v) is 10.1. The van der Waals surface area contributed by atoms with E-state index in [1.54, 1.807) is 0 Å². The van der Waals surface area contributed by atoms with E-state index in [1.165, 1.54) is 38.8 Å². The SMILES string of the molecule is CCCCN(C=CCNC)CCCC. The van der Waals surface area contributed by atoms with Gasteiger partial charge in [0.1, 0.15) is 0 Å². The van der Waals surface area contributed by atoms with Gasteiger partial charge in [0.05, 0.1) is 0 Å². The van der Waals surface area contributed by atoms with Crippen LogP contribution in [0.3, 0.4) is 0 Å². The summed E-state index contributed by atoms with van der Waals surface area (Å²) in [4.78, 5) is 2.43. The van der Waals surface area contributed by atoms with Crippen LogP contribution in [0.1, 0.15) is 39.5 Å². The number of unbranched alkanes of at least 4 members (excludes halogenated alkanes) is 2. The predicted molar refractivity (Wildman–Crippen MR) is 64.5 cm³/mol. The number of hydrogen-bond donors (Lipinski definition) is 1. The molecule has 0 aromatic heterocycles. The van der Waals surface area contributed by atoms with Gasteiger partial charge in [-0.25, -0.2) is 0 Å². The first-order chi connectivity index (χ1) is 6.85. The summed E-state index contributed by atoms with van der Waals surface area (Å²) in [6.07, 6.45) is 9.60. The Kier molecular flexibility index (Phi) is 10.2. The second kappa shape index (κ2) is 10.6. The molecule has 0 unspecified atom stereocenters. The summed E-state index contributed by atoms with van der Waals surface area (Å²) in [6.45, 7) is 7.87. The molecule has 0 aromatic rings. The monoisotopic (exact) mass is 198 g/mol. The molecule has 0 aliphatic carbocycles. The van der Waals surface area contributed by atoms with Crippen LogP contribution in [0.2, 0.25) is 0 Å². The predicted octanol–water partition coefficient (Wildman–Crippen LogP) is 2.62. The first kappa shape index (κ1) is 13.5. The number of hydrogen-bond acceptors (Lipinski definition) is 2. The van der Waals surface area contributed by atoms with Crippen LogP contribution in [0.4, 0.5) is 0 Å². The van der Waals surface area contributed by atoms with Gasteiger partial charge in [0, 0.05) is 19.6 Å². The first-order valence-electron chi connectivity index (χ1n) is 5.90. The van der Waals surface area contributed by atoms with E-state index in [4.69, 9.17) is 0 Å². The molecular formula is C12H26N2. The fraction of sp³-hybridized carbons (Fsp3) is 0.833. The quantitative estimate of drug-likeness (QED) is 0.612. The molecule has 0 fully saturated rings. The summed E-state index contributed by atoms with van der Waals surface area (Å²) in [5.41, 5.74) is 0. The second-order valence-corrected chi connectivity index (χ2v) is 3.69. The van der Waals surface area contributed by atoms with Crippen molar-refractivity contribution in [3.05, 3.63) is 12.3 Å². The molecule has 0 rings (SSSR count). The Hall–Kier alpha value is -0.500. The Balaban J connectivity index is 3.71. The maximum Gasteiger partial charge on any atom is 0.0172 e. The lowest BCUT2D eigenvalue weighted by Crippen LogP contribution is -2.20. The first-order valence-corrected chi connectivity index (χ1v) is 5.90. The Labute approximate surface area is 89.4 Å². The molecule has 0 amide bonds. The molecule has 0 saturated heterocycles. The molecule has 0 aromatic carbocycles. The molecule has 2 heteroatoms. The van der Waals surface area contributed by atoms with Crippen LogP contribution in [0.15, 0.2) is 12.3 Å². The molecule has 2 nitrogen and oxygen atoms in total. The number of nitrogens with one attached hydrogen (secondary N) is 1. The number of rotatable bonds is 9. The highest BCUT2D eigenvalue weighted by atomic mass is 15.1. The molecule has 0 bridgehead atoms. The van der Waals surface area contributed by atoms with E-state index in [0.29, 0.717) is 0 Å². The van der Waals surface area contributed by atoms with Crippen LogP contribution in [0.25, 0.3) is 0 Å². The van der Waals surface area contributed by atoms with Crippen molar-refractivity contribution in [2.45, 2.75) is 39.5 Å². The minimum absolute atomic E-state index is 0.967. The van der Waals surface area contributed by atoms with Crippen molar-refractivity contribution in [2.24, 2.45) is 0 Å². The zero-order valence-electron chi connectivity index (χ0n) is 10.1. The third kappa shape index (κ3) is 8.11. The molecule has 0 heterocycles. The van der Waals surface area contributed by atoms with Gasteiger partial charge in [-0.15, -0.1) is 0 Å². The van der Waals surface area contributed by atoms with Crippen LogP contribution in [0, 0.1) is 0 Å². The van der Waals surface area contributed by atoms with Crippen LogP contribution in [-0.2, 0) is 0 Å². The van der Waals surface area contributed by atoms with Crippen molar-refractivity contribution in [2.75, 3.05) is 26.7 Å². The number of nitrogens with zero attached hydrogens (tertiary/aromatic N) is 1. The van der Waals surface area contributed by atoms with Crippen molar-refractivity contribution < 1.29 is 0 Å². The Bertz CT molecular complexity index is 124. The van der Waals surface area contributed by atoms with Gasteiger partial charge in [0.2, 0.25) is 0 Å². The summed E-state index contributed by atoms with van der Waals surface area (Å²) in [5, 5.41) is 3.12. The van der Waals surface area contributed by atoms with E-state index in [2.05, 4.69) is 36.3 Å². The maximum absolute atomic E-state index is 3.12. The molecule has 0 aliphatic rings. The minimum Gasteiger partial charge on any atom is -0.378 e. The van der Waals surface area contributed by atoms with E-state index >= 15 is 0 Å². The average molecular weight is 198 g/mol. The molecule has 1 N–H and O–H groups in total. The van der Waals surface area contributed by atoms with Gasteiger partial charge in [-0.3, -0.25) is 0 Å². The third-order valence-electron chi connectivity index (χ3n) is 2.24. The van der Waals surface area contributed by atoms with Crippen molar-refractivity contribution >= 4 is 0 Å². The molecule has 0 spiro atoms. The Morgan fingerprint density at radius 2 is 1.64 bits per heavy atom. The normalized spacial score (nSPS) is 11.1. The molecule has 0 aliphatic heterocycles. The van der Waals surface area contributed by atoms with Crippen molar-refractivity contribution in [3.8, 4) is 0 Å². The minimum atomic E-state index is 0.967. The van der Waals surface area contributed by atoms with E-state index in [9.17, 15) is 0 Å². The van der Waals surface area contributed by atoms with Crippen molar-refractivity contribution in [1.82, 2.24) is 10.2 Å². The summed E-state index contributed by atoms with van der Waals surface area (Å²) < 4.78 is 0. The number of likely N-dealkylation sites (N-methyl/N-ethyl adjacent to an activating group) is 1. The molecular weight excluding hydrogens is 172 g/mol. The average Bonchev–Trinajstić information content (AvgIpc) is 2.21. The molecule has 84 valence electrons. The van der Waals surface area contributed by atoms with Gasteiger partial charge in [-0.05, 0) is 26.1 Å². The van der Waals surface area contributed by atoms with Gasteiger partial charge in [-0.2, -0.15) is 0 Å². The van der Waals surface area contributed by atoms with Gasteiger partial charge in [0.15, 0.2) is 0 Å². The lowest BCUT2D eigenvalue weighted by molar-refractivity contribution is 0.359. The van der Waals surface area contributed by atoms with E-state index < -0.39 is 0 Å². The molecule has 0 radical (unpaired) electrons. The van der Waals surface area contributed by atoms with Crippen LogP contribution in [0.5, 0.6) is 0 Å². The Morgan fingerprint density at radius 3 is 2.07 bits per heavy atom. The summed E-state index contributed by atoms with van der Waals surface area (Å²) in [6, 6.07) is 0. The fourth-order valence-corrected chi connectivity index (χ4v) is 1.30. The van der Waals surface area contributed by atoms with E-state index in [0.717, 1.165) is 6.54 Å². The molecule has 0 saturated carbocycles. The summed E-state index contributed by atoms with van der Waals surface area (Å²) >= 11 is 0. The third-order valence-corrected chi connectivity index (χ3v) is 2.24. The lowest BCUT2D eigenvalue weighted by atomic mass is 10.3. The fourth-order valence-electron chi connectivity index (χ4n) is 1.30. The Morgan fingerprint density at radius 1 is 1.07 bits per heavy atom. The maximum atomic E-state index is 3.12. The van der Waals surface area contributed by atoms with E-state index in [-0.39, 0.29) is 0 Å². The van der Waals surface area contributed by atoms with Crippen LogP contribution >= 0.6 is 0 Å². The standard InChI is InChI=1S/C12H26N2/c1-4-6-10-14(11-7-5-2)12-8-9-13-3/h8,12-13H,4-7,9-11H2,1-3H3. The highest BCUT2D eigenvalue weighted by Crippen LogP contribution is 1.99. The van der Waals surface area contributed by atoms with Gasteiger partial charge in [0.25, 0.3) is 0 Å². The zero-order chi connectivity index (χ0) is 10.6. The van der Waals surface area contributed by atoms with Gasteiger partial charge in [-0.1, -0.05) is 32.8 Å². The van der Waals surface area contributed by atoms with Crippen LogP contribution in [-0.4, -0.2) is 31.6 Å². The summed E-state index contributed by atoms with van der Waals surface area (Å²) in [7, 11) is 1.98. The highest BCUT2D eigenvalue weighted by molar-refractivity contribution is 4.83. The van der Waals surface area contributed by atoms with Crippen molar-refractivity contribution in [3.63, 3.8) is 0 Å². The van der Waals surface area contributed by atoms with Crippen LogP contribution < -0.4 is 5.32 Å². The van der Waals surface area contributed by atoms with Crippen molar-refractivity contribution in [1.29, 1.82) is 0 Å². The molecule has 0 atom stereocenters. The largest absolute Gasteiger partial charge is 0.378 e. The lowest BCUT2D eigenvalue weighted by Gasteiger charge is -2.19. The smallest absolute Gasteiger partial charge is 0.0172 e. The summed E-state index contributed by atoms with van der Waals surface area (Å²) in [5.74, 6) is 0. The highest BCUT2D eigenvalue weighted by Gasteiger charge is 1.96. The molecule has 14 heavy (non-hydrogen) atoms. The van der Waals surface area contributed by atoms with E-state index in [1.807, 2.05) is 7.05 Å².